The number of hydrogen-bond donors (Lipinski definition) is 2. The Morgan fingerprint density at radius 3 is 2.87 bits per heavy atom. The molecular weight excluding hydrogens is 204 g/mol. The van der Waals surface area contributed by atoms with E-state index in [4.69, 9.17) is 10.6 Å². The topological polar surface area (TPSA) is 132 Å². The van der Waals surface area contributed by atoms with Gasteiger partial charge in [-0.05, 0) is 17.1 Å². The van der Waals surface area contributed by atoms with E-state index in [0.717, 1.165) is 0 Å². The fourth-order valence-corrected chi connectivity index (χ4v) is 1.40. The zero-order chi connectivity index (χ0) is 11.4. The molecule has 0 aromatic rings. The predicted molar refractivity (Wildman–Crippen MR) is 46.4 cm³/mol. The van der Waals surface area contributed by atoms with E-state index >= 15 is 0 Å². The summed E-state index contributed by atoms with van der Waals surface area (Å²) in [7, 11) is 0. The van der Waals surface area contributed by atoms with E-state index in [-0.39, 0.29) is 12.8 Å². The predicted octanol–water partition coefficient (Wildman–Crippen LogP) is -0.197. The van der Waals surface area contributed by atoms with Gasteiger partial charge in [0.1, 0.15) is 0 Å². The van der Waals surface area contributed by atoms with Crippen molar-refractivity contribution in [1.82, 2.24) is 5.32 Å². The van der Waals surface area contributed by atoms with Gasteiger partial charge in [-0.2, -0.15) is 0 Å². The van der Waals surface area contributed by atoms with Gasteiger partial charge in [-0.15, -0.1) is 0 Å². The van der Waals surface area contributed by atoms with E-state index in [0.29, 0.717) is 0 Å². The first-order valence-electron chi connectivity index (χ1n) is 4.15. The molecule has 8 nitrogen and oxygen atoms in total. The van der Waals surface area contributed by atoms with Crippen molar-refractivity contribution in [3.05, 3.63) is 10.4 Å². The van der Waals surface area contributed by atoms with E-state index in [1.807, 2.05) is 0 Å². The number of carbonyl (C=O) groups is 3. The van der Waals surface area contributed by atoms with Crippen molar-refractivity contribution in [2.75, 3.05) is 0 Å². The second-order valence-corrected chi connectivity index (χ2v) is 3.12. The van der Waals surface area contributed by atoms with Crippen LogP contribution in [-0.2, 0) is 14.4 Å². The molecule has 1 rings (SSSR count). The van der Waals surface area contributed by atoms with E-state index in [9.17, 15) is 14.4 Å². The molecule has 0 saturated carbocycles. The van der Waals surface area contributed by atoms with Crippen LogP contribution < -0.4 is 5.32 Å². The Morgan fingerprint density at radius 1 is 1.67 bits per heavy atom. The van der Waals surface area contributed by atoms with Gasteiger partial charge in [0.15, 0.2) is 0 Å². The molecule has 1 aliphatic rings. The van der Waals surface area contributed by atoms with Crippen molar-refractivity contribution in [1.29, 1.82) is 0 Å². The first kappa shape index (κ1) is 11.0. The lowest BCUT2D eigenvalue weighted by Crippen LogP contribution is -2.32. The third-order valence-corrected chi connectivity index (χ3v) is 2.07. The summed E-state index contributed by atoms with van der Waals surface area (Å²) in [5, 5.41) is 13.6. The average Bonchev–Trinajstić information content (AvgIpc) is 2.47. The zero-order valence-corrected chi connectivity index (χ0v) is 7.58. The van der Waals surface area contributed by atoms with Gasteiger partial charge in [-0.1, -0.05) is 0 Å². The van der Waals surface area contributed by atoms with Crippen LogP contribution in [0.1, 0.15) is 12.8 Å². The SMILES string of the molecule is [N-]=[N+]=NC(=O)[C@@H]1CC(CC(=O)O)C(=O)N1. The van der Waals surface area contributed by atoms with E-state index in [1.54, 1.807) is 0 Å². The number of nitrogens with one attached hydrogen (secondary N) is 1. The molecule has 0 aromatic carbocycles. The molecule has 2 N–H and O–H groups in total. The molecule has 0 spiro atoms. The van der Waals surface area contributed by atoms with Crippen molar-refractivity contribution >= 4 is 17.8 Å². The normalized spacial score (nSPS) is 24.1. The molecule has 80 valence electrons. The Bertz CT molecular complexity index is 360. The van der Waals surface area contributed by atoms with Crippen LogP contribution in [-0.4, -0.2) is 28.9 Å². The summed E-state index contributed by atoms with van der Waals surface area (Å²) in [6.45, 7) is 0. The quantitative estimate of drug-likeness (QED) is 0.380. The van der Waals surface area contributed by atoms with Gasteiger partial charge in [-0.25, -0.2) is 0 Å². The fourth-order valence-electron chi connectivity index (χ4n) is 1.40. The number of amides is 2. The molecule has 1 fully saturated rings. The molecule has 15 heavy (non-hydrogen) atoms. The maximum atomic E-state index is 11.2. The summed E-state index contributed by atoms with van der Waals surface area (Å²) in [5.74, 6) is -3.12. The molecule has 1 heterocycles. The molecule has 0 aromatic heterocycles. The molecule has 0 bridgehead atoms. The van der Waals surface area contributed by atoms with Crippen LogP contribution in [0.4, 0.5) is 0 Å². The number of rotatable bonds is 3. The molecule has 1 aliphatic heterocycles. The Labute approximate surface area is 83.9 Å². The molecule has 1 saturated heterocycles. The summed E-state index contributed by atoms with van der Waals surface area (Å²) in [6, 6.07) is -0.891. The second-order valence-electron chi connectivity index (χ2n) is 3.12. The summed E-state index contributed by atoms with van der Waals surface area (Å²) in [4.78, 5) is 34.9. The highest BCUT2D eigenvalue weighted by Gasteiger charge is 2.36. The van der Waals surface area contributed by atoms with Crippen molar-refractivity contribution in [2.24, 2.45) is 11.0 Å². The minimum atomic E-state index is -1.10. The molecule has 0 aliphatic carbocycles. The van der Waals surface area contributed by atoms with Crippen LogP contribution in [0.5, 0.6) is 0 Å². The molecule has 0 radical (unpaired) electrons. The molecule has 1 unspecified atom stereocenters. The monoisotopic (exact) mass is 212 g/mol. The highest BCUT2D eigenvalue weighted by Crippen LogP contribution is 2.19. The summed E-state index contributed by atoms with van der Waals surface area (Å²) < 4.78 is 0. The Hall–Kier alpha value is -2.08. The Morgan fingerprint density at radius 2 is 2.33 bits per heavy atom. The number of carboxylic acids is 1. The number of nitrogens with zero attached hydrogens (tertiary/aromatic N) is 3. The third-order valence-electron chi connectivity index (χ3n) is 2.07. The lowest BCUT2D eigenvalue weighted by Gasteiger charge is -2.02. The smallest absolute Gasteiger partial charge is 0.304 e. The van der Waals surface area contributed by atoms with E-state index < -0.39 is 29.7 Å². The van der Waals surface area contributed by atoms with Crippen molar-refractivity contribution in [3.63, 3.8) is 0 Å². The fraction of sp³-hybridized carbons (Fsp3) is 0.571. The van der Waals surface area contributed by atoms with Gasteiger partial charge in [0.25, 0.3) is 0 Å². The number of carbonyl (C=O) groups excluding carboxylic acids is 2. The summed E-state index contributed by atoms with van der Waals surface area (Å²) >= 11 is 0. The Balaban J connectivity index is 2.63. The number of aliphatic carboxylic acids is 1. The van der Waals surface area contributed by atoms with Gasteiger partial charge in [0.05, 0.1) is 18.4 Å². The molecule has 8 heteroatoms. The second kappa shape index (κ2) is 4.43. The minimum Gasteiger partial charge on any atom is -0.481 e. The minimum absolute atomic E-state index is 0.0585. The summed E-state index contributed by atoms with van der Waals surface area (Å²) in [5.41, 5.74) is 8.00. The maximum Gasteiger partial charge on any atom is 0.304 e. The zero-order valence-electron chi connectivity index (χ0n) is 7.58. The highest BCUT2D eigenvalue weighted by molar-refractivity contribution is 5.93. The van der Waals surface area contributed by atoms with Crippen LogP contribution in [0, 0.1) is 5.92 Å². The van der Waals surface area contributed by atoms with Crippen LogP contribution in [0.3, 0.4) is 0 Å². The van der Waals surface area contributed by atoms with Crippen LogP contribution in [0.2, 0.25) is 0 Å². The number of azide groups is 1. The highest BCUT2D eigenvalue weighted by atomic mass is 16.4. The maximum absolute atomic E-state index is 11.2. The number of carboxylic acid groups (broad SMARTS) is 1. The van der Waals surface area contributed by atoms with Crippen molar-refractivity contribution < 1.29 is 19.5 Å². The molecular formula is C7H8N4O4. The van der Waals surface area contributed by atoms with Gasteiger partial charge in [-0.3, -0.25) is 14.4 Å². The van der Waals surface area contributed by atoms with E-state index in [2.05, 4.69) is 15.3 Å². The van der Waals surface area contributed by atoms with Crippen molar-refractivity contribution in [3.8, 4) is 0 Å². The van der Waals surface area contributed by atoms with Gasteiger partial charge < -0.3 is 10.4 Å². The lowest BCUT2D eigenvalue weighted by atomic mass is 10.0. The molecule has 2 amide bonds. The lowest BCUT2D eigenvalue weighted by molar-refractivity contribution is -0.140. The van der Waals surface area contributed by atoms with E-state index in [1.165, 1.54) is 0 Å². The molecule has 2 atom stereocenters. The third kappa shape index (κ3) is 2.68. The largest absolute Gasteiger partial charge is 0.481 e. The van der Waals surface area contributed by atoms with Crippen LogP contribution in [0.15, 0.2) is 5.11 Å². The first-order valence-corrected chi connectivity index (χ1v) is 4.15. The van der Waals surface area contributed by atoms with Crippen molar-refractivity contribution in [2.45, 2.75) is 18.9 Å². The van der Waals surface area contributed by atoms with Gasteiger partial charge >= 0.3 is 5.97 Å². The Kier molecular flexibility index (Phi) is 3.25. The van der Waals surface area contributed by atoms with Gasteiger partial charge in [0.2, 0.25) is 11.8 Å². The van der Waals surface area contributed by atoms with Crippen LogP contribution in [0.25, 0.3) is 10.4 Å². The van der Waals surface area contributed by atoms with Gasteiger partial charge in [0, 0.05) is 4.91 Å². The first-order chi connectivity index (χ1) is 7.04. The number of hydrogen-bond acceptors (Lipinski definition) is 3. The summed E-state index contributed by atoms with van der Waals surface area (Å²) in [6.07, 6.45) is -0.269. The average molecular weight is 212 g/mol. The van der Waals surface area contributed by atoms with Crippen LogP contribution >= 0.6 is 0 Å². The standard InChI is InChI=1S/C7H8N4O4/c8-11-10-7(15)4-1-3(2-5(12)13)6(14)9-4/h3-4H,1-2H2,(H,9,14)(H,12,13)/t3?,4-/m0/s1.